The lowest BCUT2D eigenvalue weighted by Crippen LogP contribution is -2.37. The summed E-state index contributed by atoms with van der Waals surface area (Å²) < 4.78 is 49.4. The fourth-order valence-electron chi connectivity index (χ4n) is 1.40. The zero-order chi connectivity index (χ0) is 15.6. The van der Waals surface area contributed by atoms with Gasteiger partial charge in [0.1, 0.15) is 0 Å². The van der Waals surface area contributed by atoms with E-state index in [9.17, 15) is 16.8 Å². The van der Waals surface area contributed by atoms with Crippen LogP contribution in [0.2, 0.25) is 0 Å². The molecule has 1 aromatic carbocycles. The average molecular weight is 321 g/mol. The van der Waals surface area contributed by atoms with E-state index in [0.717, 1.165) is 0 Å². The van der Waals surface area contributed by atoms with Gasteiger partial charge in [-0.25, -0.2) is 13.6 Å². The third-order valence-corrected chi connectivity index (χ3v) is 5.08. The normalized spacial score (nSPS) is 12.9. The van der Waals surface area contributed by atoms with Crippen LogP contribution < -0.4 is 9.86 Å². The fourth-order valence-corrected chi connectivity index (χ4v) is 3.19. The van der Waals surface area contributed by atoms with Gasteiger partial charge in [-0.15, -0.1) is 0 Å². The predicted molar refractivity (Wildman–Crippen MR) is 78.7 cm³/mol. The lowest BCUT2D eigenvalue weighted by Gasteiger charge is -2.21. The highest BCUT2D eigenvalue weighted by atomic mass is 32.2. The van der Waals surface area contributed by atoms with E-state index in [0.29, 0.717) is 11.3 Å². The summed E-state index contributed by atoms with van der Waals surface area (Å²) >= 11 is 0. The Kier molecular flexibility index (Phi) is 5.14. The van der Waals surface area contributed by atoms with Crippen LogP contribution in [0.3, 0.4) is 0 Å². The van der Waals surface area contributed by atoms with Crippen molar-refractivity contribution >= 4 is 25.9 Å². The molecule has 0 saturated carbocycles. The van der Waals surface area contributed by atoms with Crippen LogP contribution in [0.5, 0.6) is 0 Å². The lowest BCUT2D eigenvalue weighted by atomic mass is 10.2. The van der Waals surface area contributed by atoms with E-state index in [1.165, 1.54) is 35.6 Å². The molecule has 0 atom stereocenters. The van der Waals surface area contributed by atoms with Gasteiger partial charge in [0.05, 0.1) is 5.75 Å². The summed E-state index contributed by atoms with van der Waals surface area (Å²) in [7, 11) is -5.74. The molecule has 0 amide bonds. The molecule has 0 aliphatic carbocycles. The van der Waals surface area contributed by atoms with Gasteiger partial charge in [-0.2, -0.15) is 12.7 Å². The number of sulfonamides is 1. The van der Waals surface area contributed by atoms with Crippen LogP contribution in [-0.4, -0.2) is 34.2 Å². The molecule has 1 aromatic rings. The van der Waals surface area contributed by atoms with E-state index < -0.39 is 20.2 Å². The van der Waals surface area contributed by atoms with E-state index in [1.807, 2.05) is 0 Å². The molecule has 7 nitrogen and oxygen atoms in total. The second kappa shape index (κ2) is 6.08. The number of anilines is 1. The molecule has 0 aliphatic heterocycles. The Balaban J connectivity index is 2.86. The van der Waals surface area contributed by atoms with Gasteiger partial charge in [-0.3, -0.25) is 4.72 Å². The molecule has 114 valence electrons. The minimum Gasteiger partial charge on any atom is -0.271 e. The molecule has 0 saturated heterocycles. The molecule has 20 heavy (non-hydrogen) atoms. The van der Waals surface area contributed by atoms with Gasteiger partial charge in [-0.1, -0.05) is 12.1 Å². The zero-order valence-corrected chi connectivity index (χ0v) is 13.2. The standard InChI is InChI=1S/C11H19N3O4S2/c1-9(2)14(3)20(17,18)13-11-6-4-10(5-7-11)8-19(12,15)16/h4-7,9,13H,8H2,1-3H3,(H2,12,15,16). The summed E-state index contributed by atoms with van der Waals surface area (Å²) in [5, 5.41) is 4.93. The number of nitrogens with two attached hydrogens (primary N) is 1. The quantitative estimate of drug-likeness (QED) is 0.793. The molecule has 9 heteroatoms. The minimum atomic E-state index is -3.62. The summed E-state index contributed by atoms with van der Waals surface area (Å²) in [6.07, 6.45) is 0. The molecular formula is C11H19N3O4S2. The van der Waals surface area contributed by atoms with Crippen molar-refractivity contribution < 1.29 is 16.8 Å². The van der Waals surface area contributed by atoms with E-state index >= 15 is 0 Å². The molecule has 1 rings (SSSR count). The highest BCUT2D eigenvalue weighted by Crippen LogP contribution is 2.14. The predicted octanol–water partition coefficient (Wildman–Crippen LogP) is 0.472. The maximum absolute atomic E-state index is 12.0. The van der Waals surface area contributed by atoms with Crippen molar-refractivity contribution in [1.82, 2.24) is 4.31 Å². The van der Waals surface area contributed by atoms with Crippen molar-refractivity contribution in [2.45, 2.75) is 25.6 Å². The zero-order valence-electron chi connectivity index (χ0n) is 11.6. The second-order valence-corrected chi connectivity index (χ2v) is 8.07. The minimum absolute atomic E-state index is 0.172. The maximum Gasteiger partial charge on any atom is 0.301 e. The Morgan fingerprint density at radius 1 is 1.15 bits per heavy atom. The number of rotatable bonds is 6. The Labute approximate surface area is 120 Å². The Hall–Kier alpha value is -1.16. The first kappa shape index (κ1) is 16.9. The third kappa shape index (κ3) is 5.08. The summed E-state index contributed by atoms with van der Waals surface area (Å²) in [4.78, 5) is 0. The monoisotopic (exact) mass is 321 g/mol. The fraction of sp³-hybridized carbons (Fsp3) is 0.455. The number of nitrogens with one attached hydrogen (secondary N) is 1. The van der Waals surface area contributed by atoms with E-state index in [2.05, 4.69) is 4.72 Å². The lowest BCUT2D eigenvalue weighted by molar-refractivity contribution is 0.414. The highest BCUT2D eigenvalue weighted by molar-refractivity contribution is 7.90. The van der Waals surface area contributed by atoms with Gasteiger partial charge in [0.15, 0.2) is 0 Å². The molecule has 0 bridgehead atoms. The SMILES string of the molecule is CC(C)N(C)S(=O)(=O)Nc1ccc(CS(N)(=O)=O)cc1. The van der Waals surface area contributed by atoms with Crippen LogP contribution >= 0.6 is 0 Å². The van der Waals surface area contributed by atoms with Gasteiger partial charge in [0.25, 0.3) is 0 Å². The van der Waals surface area contributed by atoms with Crippen LogP contribution in [-0.2, 0) is 26.0 Å². The molecule has 0 heterocycles. The molecule has 3 N–H and O–H groups in total. The van der Waals surface area contributed by atoms with Gasteiger partial charge in [0, 0.05) is 18.8 Å². The summed E-state index contributed by atoms with van der Waals surface area (Å²) in [5.41, 5.74) is 0.850. The van der Waals surface area contributed by atoms with Crippen molar-refractivity contribution in [3.05, 3.63) is 29.8 Å². The number of benzene rings is 1. The first-order valence-corrected chi connectivity index (χ1v) is 9.02. The molecule has 0 fully saturated rings. The molecule has 0 unspecified atom stereocenters. The van der Waals surface area contributed by atoms with E-state index in [1.54, 1.807) is 13.8 Å². The summed E-state index contributed by atoms with van der Waals surface area (Å²) in [5.74, 6) is -0.286. The Morgan fingerprint density at radius 2 is 1.65 bits per heavy atom. The van der Waals surface area contributed by atoms with E-state index in [-0.39, 0.29) is 11.8 Å². The number of hydrogen-bond donors (Lipinski definition) is 2. The van der Waals surface area contributed by atoms with Crippen molar-refractivity contribution in [2.75, 3.05) is 11.8 Å². The first-order chi connectivity index (χ1) is 9.01. The maximum atomic E-state index is 12.0. The molecule has 0 spiro atoms. The average Bonchev–Trinajstić information content (AvgIpc) is 2.28. The Bertz CT molecular complexity index is 651. The van der Waals surface area contributed by atoms with Gasteiger partial charge < -0.3 is 0 Å². The Morgan fingerprint density at radius 3 is 2.05 bits per heavy atom. The molecule has 0 radical (unpaired) electrons. The van der Waals surface area contributed by atoms with Crippen molar-refractivity contribution in [2.24, 2.45) is 5.14 Å². The van der Waals surface area contributed by atoms with Crippen LogP contribution in [0.1, 0.15) is 19.4 Å². The molecule has 0 aliphatic rings. The number of hydrogen-bond acceptors (Lipinski definition) is 4. The van der Waals surface area contributed by atoms with Crippen LogP contribution in [0.4, 0.5) is 5.69 Å². The van der Waals surface area contributed by atoms with Crippen molar-refractivity contribution in [3.63, 3.8) is 0 Å². The van der Waals surface area contributed by atoms with Crippen LogP contribution in [0, 0.1) is 0 Å². The molecule has 0 aromatic heterocycles. The molecular weight excluding hydrogens is 302 g/mol. The van der Waals surface area contributed by atoms with Crippen molar-refractivity contribution in [3.8, 4) is 0 Å². The van der Waals surface area contributed by atoms with Crippen LogP contribution in [0.15, 0.2) is 24.3 Å². The summed E-state index contributed by atoms with van der Waals surface area (Å²) in [6.45, 7) is 3.52. The number of primary sulfonamides is 1. The second-order valence-electron chi connectivity index (χ2n) is 4.72. The topological polar surface area (TPSA) is 110 Å². The van der Waals surface area contributed by atoms with Crippen molar-refractivity contribution in [1.29, 1.82) is 0 Å². The third-order valence-electron chi connectivity index (χ3n) is 2.67. The van der Waals surface area contributed by atoms with Crippen LogP contribution in [0.25, 0.3) is 0 Å². The van der Waals surface area contributed by atoms with E-state index in [4.69, 9.17) is 5.14 Å². The number of nitrogens with zero attached hydrogens (tertiary/aromatic N) is 1. The first-order valence-electron chi connectivity index (χ1n) is 5.86. The van der Waals surface area contributed by atoms with Gasteiger partial charge >= 0.3 is 10.2 Å². The van der Waals surface area contributed by atoms with Gasteiger partial charge in [0.2, 0.25) is 10.0 Å². The highest BCUT2D eigenvalue weighted by Gasteiger charge is 2.20. The smallest absolute Gasteiger partial charge is 0.271 e. The largest absolute Gasteiger partial charge is 0.301 e. The van der Waals surface area contributed by atoms with Gasteiger partial charge in [-0.05, 0) is 31.5 Å². The summed E-state index contributed by atoms with van der Waals surface area (Å²) in [6, 6.07) is 5.84.